The summed E-state index contributed by atoms with van der Waals surface area (Å²) in [7, 11) is 0. The summed E-state index contributed by atoms with van der Waals surface area (Å²) in [6.07, 6.45) is 0.0329. The van der Waals surface area contributed by atoms with Gasteiger partial charge in [0.05, 0.1) is 4.47 Å². The van der Waals surface area contributed by atoms with E-state index in [1.807, 2.05) is 13.8 Å². The molecule has 0 fully saturated rings. The van der Waals surface area contributed by atoms with Crippen LogP contribution in [0.25, 0.3) is 0 Å². The third kappa shape index (κ3) is 4.18. The monoisotopic (exact) mass is 275 g/mol. The van der Waals surface area contributed by atoms with Crippen LogP contribution in [0, 0.1) is 5.82 Å². The van der Waals surface area contributed by atoms with Crippen LogP contribution in [-0.4, -0.2) is 19.2 Å². The maximum atomic E-state index is 13.1. The largest absolute Gasteiger partial charge is 0.489 e. The highest BCUT2D eigenvalue weighted by atomic mass is 79.9. The Bertz CT molecular complexity index is 319. The number of benzene rings is 1. The van der Waals surface area contributed by atoms with Gasteiger partial charge >= 0.3 is 0 Å². The average molecular weight is 276 g/mol. The molecule has 15 heavy (non-hydrogen) atoms. The molecule has 0 bridgehead atoms. The second kappa shape index (κ2) is 6.08. The van der Waals surface area contributed by atoms with Gasteiger partial charge in [-0.15, -0.1) is 0 Å². The topological polar surface area (TPSA) is 21.3 Å². The summed E-state index contributed by atoms with van der Waals surface area (Å²) in [4.78, 5) is 0. The summed E-state index contributed by atoms with van der Waals surface area (Å²) in [5, 5.41) is 3.17. The summed E-state index contributed by atoms with van der Waals surface area (Å²) in [5.41, 5.74) is 0. The fourth-order valence-electron chi connectivity index (χ4n) is 1.17. The van der Waals surface area contributed by atoms with Crippen LogP contribution in [0.3, 0.4) is 0 Å². The highest BCUT2D eigenvalue weighted by Gasteiger charge is 2.05. The van der Waals surface area contributed by atoms with E-state index in [9.17, 15) is 4.39 Å². The zero-order valence-electron chi connectivity index (χ0n) is 8.89. The first kappa shape index (κ1) is 12.5. The van der Waals surface area contributed by atoms with Crippen molar-refractivity contribution in [2.45, 2.75) is 20.0 Å². The summed E-state index contributed by atoms with van der Waals surface area (Å²) in [6, 6.07) is 4.77. The summed E-state index contributed by atoms with van der Waals surface area (Å²) >= 11 is 3.09. The maximum Gasteiger partial charge on any atom is 0.141 e. The van der Waals surface area contributed by atoms with E-state index < -0.39 is 0 Å². The molecule has 0 radical (unpaired) electrons. The lowest BCUT2D eigenvalue weighted by Gasteiger charge is -2.15. The van der Waals surface area contributed by atoms with Gasteiger partial charge in [-0.3, -0.25) is 0 Å². The second-order valence-electron chi connectivity index (χ2n) is 3.31. The molecule has 1 aromatic rings. The molecule has 0 aliphatic rings. The molecule has 84 valence electrons. The standard InChI is InChI=1S/C11H15BrFNO/c1-3-14-7-8(2)15-9-4-5-10(12)11(13)6-9/h4-6,8,14H,3,7H2,1-2H3. The van der Waals surface area contributed by atoms with Crippen LogP contribution >= 0.6 is 15.9 Å². The van der Waals surface area contributed by atoms with Crippen molar-refractivity contribution in [1.29, 1.82) is 0 Å². The fourth-order valence-corrected chi connectivity index (χ4v) is 1.42. The molecule has 0 amide bonds. The van der Waals surface area contributed by atoms with E-state index >= 15 is 0 Å². The highest BCUT2D eigenvalue weighted by molar-refractivity contribution is 9.10. The van der Waals surface area contributed by atoms with Crippen LogP contribution in [0.15, 0.2) is 22.7 Å². The van der Waals surface area contributed by atoms with Crippen molar-refractivity contribution in [2.75, 3.05) is 13.1 Å². The lowest BCUT2D eigenvalue weighted by atomic mass is 10.3. The van der Waals surface area contributed by atoms with Crippen LogP contribution in [0.5, 0.6) is 5.75 Å². The Labute approximate surface area is 98.0 Å². The molecule has 1 atom stereocenters. The Hall–Kier alpha value is -0.610. The summed E-state index contributed by atoms with van der Waals surface area (Å²) in [5.74, 6) is 0.254. The number of hydrogen-bond donors (Lipinski definition) is 1. The molecule has 1 unspecified atom stereocenters. The molecule has 0 aromatic heterocycles. The van der Waals surface area contributed by atoms with Crippen molar-refractivity contribution in [3.63, 3.8) is 0 Å². The van der Waals surface area contributed by atoms with Gasteiger partial charge in [0.2, 0.25) is 0 Å². The van der Waals surface area contributed by atoms with E-state index in [1.54, 1.807) is 12.1 Å². The van der Waals surface area contributed by atoms with Crippen LogP contribution in [0.1, 0.15) is 13.8 Å². The van der Waals surface area contributed by atoms with Gasteiger partial charge in [0.1, 0.15) is 17.7 Å². The van der Waals surface area contributed by atoms with Gasteiger partial charge in [0.25, 0.3) is 0 Å². The zero-order valence-corrected chi connectivity index (χ0v) is 10.5. The molecule has 0 aliphatic carbocycles. The number of rotatable bonds is 5. The quantitative estimate of drug-likeness (QED) is 0.892. The van der Waals surface area contributed by atoms with Gasteiger partial charge < -0.3 is 10.1 Å². The summed E-state index contributed by atoms with van der Waals surface area (Å²) in [6.45, 7) is 5.64. The Morgan fingerprint density at radius 1 is 1.53 bits per heavy atom. The van der Waals surface area contributed by atoms with Crippen LogP contribution in [-0.2, 0) is 0 Å². The van der Waals surface area contributed by atoms with E-state index in [2.05, 4.69) is 21.2 Å². The van der Waals surface area contributed by atoms with Crippen molar-refractivity contribution in [3.8, 4) is 5.75 Å². The Morgan fingerprint density at radius 2 is 2.27 bits per heavy atom. The molecule has 2 nitrogen and oxygen atoms in total. The minimum Gasteiger partial charge on any atom is -0.489 e. The number of nitrogens with one attached hydrogen (secondary N) is 1. The predicted octanol–water partition coefficient (Wildman–Crippen LogP) is 2.97. The molecule has 0 saturated heterocycles. The lowest BCUT2D eigenvalue weighted by Crippen LogP contribution is -2.28. The molecule has 0 saturated carbocycles. The van der Waals surface area contributed by atoms with E-state index in [4.69, 9.17) is 4.74 Å². The van der Waals surface area contributed by atoms with E-state index in [1.165, 1.54) is 6.07 Å². The van der Waals surface area contributed by atoms with Gasteiger partial charge in [-0.05, 0) is 41.5 Å². The van der Waals surface area contributed by atoms with Gasteiger partial charge in [0, 0.05) is 12.6 Å². The van der Waals surface area contributed by atoms with Crippen molar-refractivity contribution in [3.05, 3.63) is 28.5 Å². The molecule has 0 heterocycles. The lowest BCUT2D eigenvalue weighted by molar-refractivity contribution is 0.217. The third-order valence-corrected chi connectivity index (χ3v) is 2.55. The number of likely N-dealkylation sites (N-methyl/N-ethyl adjacent to an activating group) is 1. The minimum absolute atomic E-state index is 0.0329. The zero-order chi connectivity index (χ0) is 11.3. The molecule has 1 rings (SSSR count). The van der Waals surface area contributed by atoms with Crippen molar-refractivity contribution in [2.24, 2.45) is 0 Å². The van der Waals surface area contributed by atoms with Gasteiger partial charge in [-0.2, -0.15) is 0 Å². The Kier molecular flexibility index (Phi) is 5.05. The van der Waals surface area contributed by atoms with Gasteiger partial charge in [-0.1, -0.05) is 6.92 Å². The van der Waals surface area contributed by atoms with E-state index in [0.717, 1.165) is 13.1 Å². The fraction of sp³-hybridized carbons (Fsp3) is 0.455. The van der Waals surface area contributed by atoms with Crippen LogP contribution in [0.2, 0.25) is 0 Å². The first-order chi connectivity index (χ1) is 7.13. The van der Waals surface area contributed by atoms with Crippen LogP contribution < -0.4 is 10.1 Å². The molecule has 1 aromatic carbocycles. The molecular weight excluding hydrogens is 261 g/mol. The minimum atomic E-state index is -0.303. The van der Waals surface area contributed by atoms with Crippen molar-refractivity contribution >= 4 is 15.9 Å². The van der Waals surface area contributed by atoms with Crippen LogP contribution in [0.4, 0.5) is 4.39 Å². The molecule has 1 N–H and O–H groups in total. The maximum absolute atomic E-state index is 13.1. The molecular formula is C11H15BrFNO. The van der Waals surface area contributed by atoms with Gasteiger partial charge in [-0.25, -0.2) is 4.39 Å². The normalized spacial score (nSPS) is 12.5. The predicted molar refractivity (Wildman–Crippen MR) is 62.7 cm³/mol. The average Bonchev–Trinajstić information content (AvgIpc) is 2.20. The van der Waals surface area contributed by atoms with Gasteiger partial charge in [0.15, 0.2) is 0 Å². The molecule has 4 heteroatoms. The number of ether oxygens (including phenoxy) is 1. The second-order valence-corrected chi connectivity index (χ2v) is 4.17. The smallest absolute Gasteiger partial charge is 0.141 e. The first-order valence-electron chi connectivity index (χ1n) is 4.96. The molecule has 0 aliphatic heterocycles. The van der Waals surface area contributed by atoms with E-state index in [0.29, 0.717) is 10.2 Å². The van der Waals surface area contributed by atoms with Crippen molar-refractivity contribution < 1.29 is 9.13 Å². The third-order valence-electron chi connectivity index (χ3n) is 1.91. The summed E-state index contributed by atoms with van der Waals surface area (Å²) < 4.78 is 19.1. The SMILES string of the molecule is CCNCC(C)Oc1ccc(Br)c(F)c1. The Morgan fingerprint density at radius 3 is 2.87 bits per heavy atom. The van der Waals surface area contributed by atoms with Crippen molar-refractivity contribution in [1.82, 2.24) is 5.32 Å². The van der Waals surface area contributed by atoms with E-state index in [-0.39, 0.29) is 11.9 Å². The Balaban J connectivity index is 2.53. The molecule has 0 spiro atoms. The number of hydrogen-bond acceptors (Lipinski definition) is 2. The highest BCUT2D eigenvalue weighted by Crippen LogP contribution is 2.21. The number of halogens is 2. The first-order valence-corrected chi connectivity index (χ1v) is 5.75.